The zero-order chi connectivity index (χ0) is 39.0. The van der Waals surface area contributed by atoms with Crippen LogP contribution in [-0.2, 0) is 0 Å². The lowest BCUT2D eigenvalue weighted by atomic mass is 10.3. The molecule has 56 heavy (non-hydrogen) atoms. The number of phenols is 1. The molecule has 15 nitrogen and oxygen atoms in total. The molecule has 0 bridgehead atoms. The predicted octanol–water partition coefficient (Wildman–Crippen LogP) is 4.51. The molecule has 0 fully saturated rings. The van der Waals surface area contributed by atoms with E-state index < -0.39 is 9.85 Å². The number of benzene rings is 3. The van der Waals surface area contributed by atoms with Crippen LogP contribution in [0.15, 0.2) is 177 Å². The van der Waals surface area contributed by atoms with E-state index in [9.17, 15) is 20.2 Å². The molecule has 7 aromatic rings. The number of halogens is 2. The smallest absolute Gasteiger partial charge is 0.269 e. The van der Waals surface area contributed by atoms with Gasteiger partial charge in [0.1, 0.15) is 28.7 Å². The van der Waals surface area contributed by atoms with Gasteiger partial charge in [0.25, 0.3) is 11.4 Å². The van der Waals surface area contributed by atoms with E-state index >= 15 is 0 Å². The molecule has 0 saturated heterocycles. The van der Waals surface area contributed by atoms with Gasteiger partial charge in [-0.25, -0.2) is 4.98 Å². The van der Waals surface area contributed by atoms with Crippen molar-refractivity contribution in [3.8, 4) is 34.4 Å². The quantitative estimate of drug-likeness (QED) is 0.0877. The van der Waals surface area contributed by atoms with Crippen LogP contribution in [0.2, 0.25) is 0 Å². The Bertz CT molecular complexity index is 2060. The summed E-state index contributed by atoms with van der Waals surface area (Å²) < 4.78 is 13.1. The van der Waals surface area contributed by atoms with Gasteiger partial charge in [0.2, 0.25) is 5.69 Å². The third-order valence-electron chi connectivity index (χ3n) is 6.47. The fourth-order valence-corrected chi connectivity index (χ4v) is 3.95. The summed E-state index contributed by atoms with van der Waals surface area (Å²) in [5.41, 5.74) is 7.47. The Morgan fingerprint density at radius 1 is 0.607 bits per heavy atom. The van der Waals surface area contributed by atoms with Crippen LogP contribution in [0.4, 0.5) is 17.1 Å². The number of rotatable bonds is 7. The molecule has 4 heterocycles. The van der Waals surface area contributed by atoms with Gasteiger partial charge in [-0.3, -0.25) is 30.2 Å². The first kappa shape index (κ1) is 47.2. The number of nitrogens with one attached hydrogen (secondary N) is 1. The van der Waals surface area contributed by atoms with Gasteiger partial charge in [0.15, 0.2) is 24.8 Å². The van der Waals surface area contributed by atoms with Crippen molar-refractivity contribution in [3.05, 3.63) is 197 Å². The van der Waals surface area contributed by atoms with Gasteiger partial charge in [-0.2, -0.15) is 4.57 Å². The number of hydrogen-bond acceptors (Lipinski definition) is 11. The normalized spacial score (nSPS) is 9.04. The number of aliphatic hydroxyl groups is 1. The average molecular weight is 893 g/mol. The Morgan fingerprint density at radius 3 is 1.39 bits per heavy atom. The standard InChI is InChI=1S/C11H8N2O3.C11H10N2O.C10H9N2.C6H5NO3.CH4O.2BrH/c14-13(15)9-1-3-10(4-2-9)16-11-5-7-12-8-6-11;12-9-1-3-10(4-2-9)14-11-5-7-13-8-6-11;1-2-8-12(9-3-1)10-4-6-11-7-5-10;8-6-3-1-5(2-4-6)7(9)10;1-2;;/h1-8H;1-8H,12H2;1-9H;1-4,8H;2H,1H3;2*1H/q;;+1;;;;. The number of ether oxygens (including phenoxy) is 2. The Hall–Kier alpha value is -6.82. The number of hydrogen-bond donors (Lipinski definition) is 3. The molecule has 0 unspecified atom stereocenters. The van der Waals surface area contributed by atoms with Crippen molar-refractivity contribution in [2.45, 2.75) is 0 Å². The van der Waals surface area contributed by atoms with Gasteiger partial charge in [-0.15, -0.1) is 17.0 Å². The average Bonchev–Trinajstić information content (AvgIpc) is 3.22. The van der Waals surface area contributed by atoms with E-state index in [-0.39, 0.29) is 51.1 Å². The van der Waals surface area contributed by atoms with Gasteiger partial charge in [-0.05, 0) is 72.8 Å². The van der Waals surface area contributed by atoms with Crippen LogP contribution in [0.1, 0.15) is 0 Å². The monoisotopic (exact) mass is 890 g/mol. The molecule has 7 rings (SSSR count). The molecule has 0 aliphatic heterocycles. The molecule has 290 valence electrons. The van der Waals surface area contributed by atoms with E-state index in [0.29, 0.717) is 11.5 Å². The Balaban J connectivity index is 0.000000368. The van der Waals surface area contributed by atoms with E-state index in [1.54, 1.807) is 73.3 Å². The molecule has 5 N–H and O–H groups in total. The number of nitrogens with zero attached hydrogens (tertiary/aromatic N) is 5. The number of nitrogen functional groups attached to an aromatic ring is 1. The van der Waals surface area contributed by atoms with E-state index in [4.69, 9.17) is 25.4 Å². The first-order chi connectivity index (χ1) is 26.3. The Morgan fingerprint density at radius 2 is 0.982 bits per heavy atom. The molecule has 0 saturated carbocycles. The van der Waals surface area contributed by atoms with E-state index in [1.807, 2.05) is 67.3 Å². The summed E-state index contributed by atoms with van der Waals surface area (Å²) in [6, 6.07) is 35.3. The number of non-ortho nitro benzene ring substituents is 2. The van der Waals surface area contributed by atoms with Crippen molar-refractivity contribution in [2.24, 2.45) is 0 Å². The number of phenolic OH excluding ortho intramolecular Hbond substituents is 1. The van der Waals surface area contributed by atoms with E-state index in [0.717, 1.165) is 30.0 Å². The number of nitro benzene ring substituents is 2. The number of nitrogens with two attached hydrogens (primary N) is 1. The van der Waals surface area contributed by atoms with Crippen molar-refractivity contribution in [3.63, 3.8) is 0 Å². The first-order valence-corrected chi connectivity index (χ1v) is 15.8. The van der Waals surface area contributed by atoms with Crippen molar-refractivity contribution in [1.82, 2.24) is 9.97 Å². The molecule has 0 atom stereocenters. The highest BCUT2D eigenvalue weighted by Crippen LogP contribution is 2.23. The minimum atomic E-state index is -0.514. The van der Waals surface area contributed by atoms with Crippen LogP contribution in [0.5, 0.6) is 28.7 Å². The SMILES string of the molecule is Br.CO.Nc1ccc(Oc2ccncc2)cc1.O=[N+]([O-])c1ccc(O)cc1.O=[N+]([O-])c1ccc(Oc2ccncc2)cc1.[Br-].c1cc[n+](-c2cc[nH+]cc2)cc1. The molecule has 17 heteroatoms. The Kier molecular flexibility index (Phi) is 22.6. The van der Waals surface area contributed by atoms with Crippen LogP contribution < -0.4 is 41.7 Å². The molecular weight excluding hydrogens is 854 g/mol. The summed E-state index contributed by atoms with van der Waals surface area (Å²) in [6.07, 6.45) is 14.5. The number of aromatic nitrogens is 4. The third kappa shape index (κ3) is 17.8. The molecular formula is C39H38Br2N7O8+. The zero-order valence-corrected chi connectivity index (χ0v) is 33.0. The molecule has 0 amide bonds. The van der Waals surface area contributed by atoms with Gasteiger partial charge >= 0.3 is 0 Å². The highest BCUT2D eigenvalue weighted by atomic mass is 79.9. The molecule has 3 aromatic carbocycles. The number of anilines is 1. The maximum absolute atomic E-state index is 10.4. The largest absolute Gasteiger partial charge is 1.00 e. The maximum atomic E-state index is 10.4. The number of H-pyrrole nitrogens is 1. The van der Waals surface area contributed by atoms with Crippen molar-refractivity contribution in [1.29, 1.82) is 0 Å². The van der Waals surface area contributed by atoms with Gasteiger partial charge in [0.05, 0.1) is 22.0 Å². The van der Waals surface area contributed by atoms with Crippen molar-refractivity contribution >= 4 is 34.0 Å². The maximum Gasteiger partial charge on any atom is 0.269 e. The number of nitro groups is 2. The van der Waals surface area contributed by atoms with Crippen LogP contribution in [0.25, 0.3) is 5.69 Å². The van der Waals surface area contributed by atoms with Crippen LogP contribution in [0.3, 0.4) is 0 Å². The Labute approximate surface area is 343 Å². The summed E-state index contributed by atoms with van der Waals surface area (Å²) in [5.74, 6) is 2.77. The second-order valence-corrected chi connectivity index (χ2v) is 10.2. The molecule has 0 radical (unpaired) electrons. The summed E-state index contributed by atoms with van der Waals surface area (Å²) in [5, 5.41) is 36.2. The third-order valence-corrected chi connectivity index (χ3v) is 6.47. The fourth-order valence-electron chi connectivity index (χ4n) is 3.95. The number of aromatic amines is 1. The van der Waals surface area contributed by atoms with Crippen molar-refractivity contribution in [2.75, 3.05) is 12.8 Å². The summed E-state index contributed by atoms with van der Waals surface area (Å²) in [4.78, 5) is 30.2. The predicted molar refractivity (Wildman–Crippen MR) is 210 cm³/mol. The summed E-state index contributed by atoms with van der Waals surface area (Å²) >= 11 is 0. The van der Waals surface area contributed by atoms with Gasteiger partial charge in [0, 0.05) is 74.0 Å². The summed E-state index contributed by atoms with van der Waals surface area (Å²) in [6.45, 7) is 0. The second-order valence-electron chi connectivity index (χ2n) is 10.2. The van der Waals surface area contributed by atoms with Crippen LogP contribution >= 0.6 is 17.0 Å². The first-order valence-electron chi connectivity index (χ1n) is 15.8. The van der Waals surface area contributed by atoms with Crippen molar-refractivity contribution < 1.29 is 56.1 Å². The number of aromatic hydroxyl groups is 1. The lowest BCUT2D eigenvalue weighted by molar-refractivity contribution is -0.596. The molecule has 0 spiro atoms. The summed E-state index contributed by atoms with van der Waals surface area (Å²) in [7, 11) is 1.00. The minimum Gasteiger partial charge on any atom is -1.00 e. The molecule has 0 aliphatic carbocycles. The highest BCUT2D eigenvalue weighted by Gasteiger charge is 2.05. The lowest BCUT2D eigenvalue weighted by Gasteiger charge is -2.04. The van der Waals surface area contributed by atoms with Gasteiger partial charge < -0.3 is 42.4 Å². The molecule has 4 aromatic heterocycles. The van der Waals surface area contributed by atoms with Crippen LogP contribution in [0, 0.1) is 20.2 Å². The second kappa shape index (κ2) is 26.9. The fraction of sp³-hybridized carbons (Fsp3) is 0.0256. The van der Waals surface area contributed by atoms with E-state index in [1.165, 1.54) is 36.4 Å². The van der Waals surface area contributed by atoms with Gasteiger partial charge in [-0.1, -0.05) is 6.07 Å². The minimum absolute atomic E-state index is 0. The topological polar surface area (TPSA) is 215 Å². The van der Waals surface area contributed by atoms with Crippen LogP contribution in [-0.4, -0.2) is 37.1 Å². The lowest BCUT2D eigenvalue weighted by Crippen LogP contribution is -3.00. The van der Waals surface area contributed by atoms with E-state index in [2.05, 4.69) is 19.5 Å². The number of aliphatic hydroxyl groups excluding tert-OH is 1. The number of pyridine rings is 4. The zero-order valence-electron chi connectivity index (χ0n) is 29.7. The highest BCUT2D eigenvalue weighted by molar-refractivity contribution is 8.93. The molecule has 0 aliphatic rings.